The van der Waals surface area contributed by atoms with Crippen LogP contribution in [0, 0.1) is 0 Å². The fourth-order valence-electron chi connectivity index (χ4n) is 1.61. The highest BCUT2D eigenvalue weighted by molar-refractivity contribution is 6.42. The average Bonchev–Trinajstić information content (AvgIpc) is 2.33. The van der Waals surface area contributed by atoms with E-state index in [-0.39, 0.29) is 0 Å². The third-order valence-electron chi connectivity index (χ3n) is 2.68. The topological polar surface area (TPSA) is 49.3 Å². The zero-order valence-corrected chi connectivity index (χ0v) is 11.8. The Labute approximate surface area is 117 Å². The van der Waals surface area contributed by atoms with Crippen LogP contribution >= 0.6 is 23.2 Å². The van der Waals surface area contributed by atoms with Gasteiger partial charge >= 0.3 is 5.97 Å². The molecular formula is C13H17Cl2NO2. The van der Waals surface area contributed by atoms with Crippen LogP contribution < -0.4 is 5.32 Å². The lowest BCUT2D eigenvalue weighted by molar-refractivity contribution is -0.139. The smallest absolute Gasteiger partial charge is 0.320 e. The molecule has 0 amide bonds. The molecule has 0 aliphatic carbocycles. The number of hydrogen-bond acceptors (Lipinski definition) is 2. The van der Waals surface area contributed by atoms with Crippen LogP contribution in [0.3, 0.4) is 0 Å². The summed E-state index contributed by atoms with van der Waals surface area (Å²) in [6, 6.07) is 4.78. The van der Waals surface area contributed by atoms with Gasteiger partial charge in [-0.2, -0.15) is 0 Å². The molecule has 1 atom stereocenters. The Balaban J connectivity index is 2.55. The molecule has 0 bridgehead atoms. The second kappa shape index (κ2) is 7.62. The van der Waals surface area contributed by atoms with Crippen molar-refractivity contribution in [3.63, 3.8) is 0 Å². The molecule has 2 N–H and O–H groups in total. The van der Waals surface area contributed by atoms with Gasteiger partial charge in [0.25, 0.3) is 0 Å². The third kappa shape index (κ3) is 4.84. The zero-order chi connectivity index (χ0) is 13.5. The predicted octanol–water partition coefficient (Wildman–Crippen LogP) is 3.73. The van der Waals surface area contributed by atoms with E-state index in [1.165, 1.54) is 0 Å². The van der Waals surface area contributed by atoms with Crippen molar-refractivity contribution in [2.75, 3.05) is 0 Å². The lowest BCUT2D eigenvalue weighted by atomic mass is 10.1. The highest BCUT2D eigenvalue weighted by atomic mass is 35.5. The standard InChI is InChI=1S/C13H17Cl2NO2/c1-2-3-4-12(13(17)18)16-8-9-5-6-10(14)11(15)7-9/h5-7,12,16H,2-4,8H2,1H3,(H,17,18). The number of rotatable bonds is 7. The molecule has 100 valence electrons. The molecule has 5 heteroatoms. The van der Waals surface area contributed by atoms with E-state index in [2.05, 4.69) is 5.32 Å². The summed E-state index contributed by atoms with van der Waals surface area (Å²) in [6.07, 6.45) is 2.51. The maximum Gasteiger partial charge on any atom is 0.320 e. The minimum absolute atomic E-state index is 0.470. The SMILES string of the molecule is CCCCC(NCc1ccc(Cl)c(Cl)c1)C(=O)O. The van der Waals surface area contributed by atoms with Crippen LogP contribution in [0.4, 0.5) is 0 Å². The summed E-state index contributed by atoms with van der Waals surface area (Å²) in [7, 11) is 0. The van der Waals surface area contributed by atoms with E-state index in [1.54, 1.807) is 12.1 Å². The number of nitrogens with one attached hydrogen (secondary N) is 1. The van der Waals surface area contributed by atoms with Crippen molar-refractivity contribution in [1.82, 2.24) is 5.32 Å². The Bertz CT molecular complexity index is 410. The molecule has 0 saturated heterocycles. The number of halogens is 2. The van der Waals surface area contributed by atoms with Crippen LogP contribution in [-0.4, -0.2) is 17.1 Å². The van der Waals surface area contributed by atoms with Crippen molar-refractivity contribution in [3.8, 4) is 0 Å². The highest BCUT2D eigenvalue weighted by Crippen LogP contribution is 2.22. The summed E-state index contributed by atoms with van der Waals surface area (Å²) in [5.41, 5.74) is 0.923. The molecule has 1 aromatic rings. The molecule has 1 rings (SSSR count). The van der Waals surface area contributed by atoms with Gasteiger partial charge in [-0.05, 0) is 24.1 Å². The fraction of sp³-hybridized carbons (Fsp3) is 0.462. The van der Waals surface area contributed by atoms with Gasteiger partial charge in [0.2, 0.25) is 0 Å². The van der Waals surface area contributed by atoms with Crippen LogP contribution in [0.5, 0.6) is 0 Å². The Hall–Kier alpha value is -0.770. The van der Waals surface area contributed by atoms with E-state index in [0.29, 0.717) is 23.0 Å². The van der Waals surface area contributed by atoms with Crippen LogP contribution in [0.2, 0.25) is 10.0 Å². The van der Waals surface area contributed by atoms with Crippen LogP contribution in [0.15, 0.2) is 18.2 Å². The van der Waals surface area contributed by atoms with Crippen molar-refractivity contribution in [2.45, 2.75) is 38.8 Å². The van der Waals surface area contributed by atoms with Gasteiger partial charge in [-0.25, -0.2) is 0 Å². The molecule has 0 radical (unpaired) electrons. The van der Waals surface area contributed by atoms with Crippen molar-refractivity contribution >= 4 is 29.2 Å². The van der Waals surface area contributed by atoms with Gasteiger partial charge in [-0.1, -0.05) is 49.0 Å². The molecule has 0 aliphatic rings. The molecule has 18 heavy (non-hydrogen) atoms. The van der Waals surface area contributed by atoms with E-state index in [9.17, 15) is 4.79 Å². The molecule has 1 aromatic carbocycles. The monoisotopic (exact) mass is 289 g/mol. The maximum absolute atomic E-state index is 11.0. The molecule has 0 aliphatic heterocycles. The highest BCUT2D eigenvalue weighted by Gasteiger charge is 2.15. The van der Waals surface area contributed by atoms with Gasteiger partial charge < -0.3 is 10.4 Å². The summed E-state index contributed by atoms with van der Waals surface area (Å²) in [6.45, 7) is 2.51. The minimum atomic E-state index is -0.816. The van der Waals surface area contributed by atoms with Crippen LogP contribution in [0.25, 0.3) is 0 Å². The van der Waals surface area contributed by atoms with Crippen molar-refractivity contribution in [2.24, 2.45) is 0 Å². The molecule has 0 aromatic heterocycles. The van der Waals surface area contributed by atoms with E-state index in [4.69, 9.17) is 28.3 Å². The summed E-state index contributed by atoms with van der Waals surface area (Å²) in [5, 5.41) is 13.1. The first-order valence-corrected chi connectivity index (χ1v) is 6.70. The first kappa shape index (κ1) is 15.3. The predicted molar refractivity (Wildman–Crippen MR) is 74.3 cm³/mol. The number of carboxylic acid groups (broad SMARTS) is 1. The Morgan fingerprint density at radius 2 is 2.11 bits per heavy atom. The molecule has 0 saturated carbocycles. The fourth-order valence-corrected chi connectivity index (χ4v) is 1.93. The summed E-state index contributed by atoms with van der Waals surface area (Å²) in [4.78, 5) is 11.0. The van der Waals surface area contributed by atoms with Gasteiger partial charge in [0.15, 0.2) is 0 Å². The molecule has 3 nitrogen and oxygen atoms in total. The number of benzene rings is 1. The normalized spacial score (nSPS) is 12.4. The van der Waals surface area contributed by atoms with E-state index < -0.39 is 12.0 Å². The lowest BCUT2D eigenvalue weighted by Gasteiger charge is -2.14. The zero-order valence-electron chi connectivity index (χ0n) is 10.2. The van der Waals surface area contributed by atoms with E-state index >= 15 is 0 Å². The van der Waals surface area contributed by atoms with Gasteiger partial charge in [0.05, 0.1) is 10.0 Å². The molecule has 0 spiro atoms. The number of hydrogen-bond donors (Lipinski definition) is 2. The van der Waals surface area contributed by atoms with Gasteiger partial charge in [0.1, 0.15) is 6.04 Å². The quantitative estimate of drug-likeness (QED) is 0.804. The third-order valence-corrected chi connectivity index (χ3v) is 3.42. The first-order chi connectivity index (χ1) is 8.54. The number of aliphatic carboxylic acids is 1. The number of carbonyl (C=O) groups is 1. The van der Waals surface area contributed by atoms with E-state index in [0.717, 1.165) is 18.4 Å². The number of unbranched alkanes of at least 4 members (excludes halogenated alkanes) is 1. The summed E-state index contributed by atoms with van der Waals surface area (Å²) >= 11 is 11.7. The van der Waals surface area contributed by atoms with Crippen molar-refractivity contribution in [3.05, 3.63) is 33.8 Å². The Morgan fingerprint density at radius 1 is 1.39 bits per heavy atom. The van der Waals surface area contributed by atoms with Crippen molar-refractivity contribution in [1.29, 1.82) is 0 Å². The van der Waals surface area contributed by atoms with Gasteiger partial charge in [-0.3, -0.25) is 4.79 Å². The Morgan fingerprint density at radius 3 is 2.67 bits per heavy atom. The van der Waals surface area contributed by atoms with E-state index in [1.807, 2.05) is 13.0 Å². The molecule has 0 heterocycles. The summed E-state index contributed by atoms with van der Waals surface area (Å²) in [5.74, 6) is -0.816. The van der Waals surface area contributed by atoms with Crippen LogP contribution in [0.1, 0.15) is 31.7 Å². The van der Waals surface area contributed by atoms with Gasteiger partial charge in [-0.15, -0.1) is 0 Å². The maximum atomic E-state index is 11.0. The number of carboxylic acids is 1. The molecule has 1 unspecified atom stereocenters. The van der Waals surface area contributed by atoms with Crippen LogP contribution in [-0.2, 0) is 11.3 Å². The van der Waals surface area contributed by atoms with Crippen molar-refractivity contribution < 1.29 is 9.90 Å². The largest absolute Gasteiger partial charge is 0.480 e. The molecule has 0 fully saturated rings. The molecular weight excluding hydrogens is 273 g/mol. The first-order valence-electron chi connectivity index (χ1n) is 5.94. The lowest BCUT2D eigenvalue weighted by Crippen LogP contribution is -2.36. The summed E-state index contributed by atoms with van der Waals surface area (Å²) < 4.78 is 0. The van der Waals surface area contributed by atoms with Gasteiger partial charge in [0, 0.05) is 6.54 Å². The average molecular weight is 290 g/mol. The Kier molecular flexibility index (Phi) is 6.47. The second-order valence-electron chi connectivity index (χ2n) is 4.16. The second-order valence-corrected chi connectivity index (χ2v) is 4.98. The minimum Gasteiger partial charge on any atom is -0.480 e.